The van der Waals surface area contributed by atoms with E-state index in [0.29, 0.717) is 11.8 Å². The van der Waals surface area contributed by atoms with E-state index in [1.165, 1.54) is 7.11 Å². The van der Waals surface area contributed by atoms with Crippen molar-refractivity contribution in [2.45, 2.75) is 6.10 Å². The first-order valence-electron chi connectivity index (χ1n) is 5.04. The summed E-state index contributed by atoms with van der Waals surface area (Å²) in [6.07, 6.45) is 0.709. The van der Waals surface area contributed by atoms with E-state index in [0.717, 1.165) is 0 Å². The van der Waals surface area contributed by atoms with Gasteiger partial charge in [0.2, 0.25) is 5.95 Å². The molecule has 94 valence electrons. The zero-order chi connectivity index (χ0) is 12.8. The number of carbonyl (C=O) groups is 1. The molecule has 0 spiro atoms. The van der Waals surface area contributed by atoms with Gasteiger partial charge in [0.1, 0.15) is 5.82 Å². The predicted molar refractivity (Wildman–Crippen MR) is 63.3 cm³/mol. The molecular formula is C10H16N4O3. The van der Waals surface area contributed by atoms with Gasteiger partial charge in [-0.25, -0.2) is 9.78 Å². The van der Waals surface area contributed by atoms with Crippen LogP contribution in [0, 0.1) is 0 Å². The van der Waals surface area contributed by atoms with Crippen LogP contribution >= 0.6 is 0 Å². The summed E-state index contributed by atoms with van der Waals surface area (Å²) in [7, 11) is 5.01. The van der Waals surface area contributed by atoms with Crippen LogP contribution in [0.25, 0.3) is 0 Å². The first-order chi connectivity index (χ1) is 8.04. The van der Waals surface area contributed by atoms with Crippen LogP contribution < -0.4 is 10.2 Å². The molecule has 0 saturated heterocycles. The van der Waals surface area contributed by atoms with Gasteiger partial charge >= 0.3 is 5.97 Å². The molecule has 2 N–H and O–H groups in total. The smallest absolute Gasteiger partial charge is 0.334 e. The zero-order valence-corrected chi connectivity index (χ0v) is 10.0. The molecule has 1 aromatic rings. The highest BCUT2D eigenvalue weighted by Gasteiger charge is 2.15. The maximum Gasteiger partial charge on any atom is 0.334 e. The van der Waals surface area contributed by atoms with Crippen LogP contribution in [0.15, 0.2) is 12.3 Å². The van der Waals surface area contributed by atoms with Gasteiger partial charge in [0.25, 0.3) is 0 Å². The quantitative estimate of drug-likeness (QED) is 0.726. The second-order valence-electron chi connectivity index (χ2n) is 3.58. The highest BCUT2D eigenvalue weighted by Crippen LogP contribution is 2.08. The van der Waals surface area contributed by atoms with Crippen molar-refractivity contribution in [3.8, 4) is 0 Å². The van der Waals surface area contributed by atoms with Crippen LogP contribution in [-0.4, -0.2) is 54.9 Å². The minimum atomic E-state index is -1.01. The molecule has 0 aliphatic heterocycles. The third kappa shape index (κ3) is 3.87. The number of rotatable bonds is 6. The number of hydrogen-bond acceptors (Lipinski definition) is 6. The van der Waals surface area contributed by atoms with E-state index < -0.39 is 12.1 Å². The van der Waals surface area contributed by atoms with Gasteiger partial charge in [-0.1, -0.05) is 0 Å². The molecule has 1 aromatic heterocycles. The van der Waals surface area contributed by atoms with Gasteiger partial charge in [-0.2, -0.15) is 4.98 Å². The lowest BCUT2D eigenvalue weighted by Gasteiger charge is -2.14. The maximum atomic E-state index is 10.7. The number of anilines is 2. The molecule has 7 nitrogen and oxygen atoms in total. The Morgan fingerprint density at radius 1 is 1.65 bits per heavy atom. The van der Waals surface area contributed by atoms with E-state index in [2.05, 4.69) is 15.3 Å². The highest BCUT2D eigenvalue weighted by molar-refractivity contribution is 5.73. The Hall–Kier alpha value is -1.89. The number of nitrogens with zero attached hydrogens (tertiary/aromatic N) is 3. The summed E-state index contributed by atoms with van der Waals surface area (Å²) in [4.78, 5) is 20.7. The molecule has 17 heavy (non-hydrogen) atoms. The Bertz CT molecular complexity index is 384. The van der Waals surface area contributed by atoms with E-state index in [-0.39, 0.29) is 6.54 Å². The molecule has 1 rings (SSSR count). The van der Waals surface area contributed by atoms with Crippen LogP contribution in [0.3, 0.4) is 0 Å². The van der Waals surface area contributed by atoms with Gasteiger partial charge in [-0.05, 0) is 6.07 Å². The SMILES string of the molecule is COC(CNc1ccnc(N(C)C)n1)C(=O)O. The van der Waals surface area contributed by atoms with E-state index >= 15 is 0 Å². The monoisotopic (exact) mass is 240 g/mol. The highest BCUT2D eigenvalue weighted by atomic mass is 16.5. The van der Waals surface area contributed by atoms with Crippen molar-refractivity contribution < 1.29 is 14.6 Å². The minimum Gasteiger partial charge on any atom is -0.479 e. The number of nitrogens with one attached hydrogen (secondary N) is 1. The first-order valence-corrected chi connectivity index (χ1v) is 5.04. The molecule has 0 bridgehead atoms. The van der Waals surface area contributed by atoms with E-state index in [1.807, 2.05) is 14.1 Å². The molecule has 0 fully saturated rings. The van der Waals surface area contributed by atoms with E-state index in [1.54, 1.807) is 17.2 Å². The van der Waals surface area contributed by atoms with Crippen molar-refractivity contribution in [1.82, 2.24) is 9.97 Å². The number of methoxy groups -OCH3 is 1. The fourth-order valence-corrected chi connectivity index (χ4v) is 1.13. The first kappa shape index (κ1) is 13.2. The fourth-order valence-electron chi connectivity index (χ4n) is 1.13. The summed E-state index contributed by atoms with van der Waals surface area (Å²) < 4.78 is 4.80. The number of aromatic nitrogens is 2. The topological polar surface area (TPSA) is 87.6 Å². The van der Waals surface area contributed by atoms with E-state index in [9.17, 15) is 4.79 Å². The largest absolute Gasteiger partial charge is 0.479 e. The summed E-state index contributed by atoms with van der Waals surface area (Å²) >= 11 is 0. The number of ether oxygens (including phenoxy) is 1. The van der Waals surface area contributed by atoms with Crippen molar-refractivity contribution in [2.24, 2.45) is 0 Å². The summed E-state index contributed by atoms with van der Waals surface area (Å²) in [6.45, 7) is 0.149. The molecule has 0 aliphatic carbocycles. The molecule has 0 aromatic carbocycles. The summed E-state index contributed by atoms with van der Waals surface area (Å²) in [5, 5.41) is 11.7. The minimum absolute atomic E-state index is 0.149. The lowest BCUT2D eigenvalue weighted by atomic mass is 10.3. The Labute approximate surface area is 99.4 Å². The van der Waals surface area contributed by atoms with Crippen molar-refractivity contribution in [3.05, 3.63) is 12.3 Å². The fraction of sp³-hybridized carbons (Fsp3) is 0.500. The molecule has 1 heterocycles. The predicted octanol–water partition coefficient (Wildman–Crippen LogP) is 0.0541. The maximum absolute atomic E-state index is 10.7. The number of carboxylic acid groups (broad SMARTS) is 1. The summed E-state index contributed by atoms with van der Waals surface area (Å²) in [5.41, 5.74) is 0. The van der Waals surface area contributed by atoms with Crippen LogP contribution in [-0.2, 0) is 9.53 Å². The van der Waals surface area contributed by atoms with Gasteiger partial charge in [0.05, 0.1) is 6.54 Å². The van der Waals surface area contributed by atoms with Gasteiger partial charge < -0.3 is 20.1 Å². The second kappa shape index (κ2) is 6.00. The second-order valence-corrected chi connectivity index (χ2v) is 3.58. The Morgan fingerprint density at radius 2 is 2.35 bits per heavy atom. The number of aliphatic carboxylic acids is 1. The van der Waals surface area contributed by atoms with Crippen LogP contribution in [0.5, 0.6) is 0 Å². The van der Waals surface area contributed by atoms with Crippen molar-refractivity contribution in [3.63, 3.8) is 0 Å². The molecule has 0 amide bonds. The Balaban J connectivity index is 2.62. The van der Waals surface area contributed by atoms with Crippen molar-refractivity contribution in [2.75, 3.05) is 38.0 Å². The van der Waals surface area contributed by atoms with Crippen molar-refractivity contribution >= 4 is 17.7 Å². The van der Waals surface area contributed by atoms with Crippen LogP contribution in [0.1, 0.15) is 0 Å². The van der Waals surface area contributed by atoms with Gasteiger partial charge in [-0.3, -0.25) is 0 Å². The molecule has 0 radical (unpaired) electrons. The summed E-state index contributed by atoms with van der Waals surface area (Å²) in [6, 6.07) is 1.67. The normalized spacial score (nSPS) is 11.9. The van der Waals surface area contributed by atoms with Crippen LogP contribution in [0.4, 0.5) is 11.8 Å². The molecule has 1 atom stereocenters. The number of hydrogen-bond donors (Lipinski definition) is 2. The molecular weight excluding hydrogens is 224 g/mol. The lowest BCUT2D eigenvalue weighted by Crippen LogP contribution is -2.30. The molecule has 0 aliphatic rings. The van der Waals surface area contributed by atoms with Gasteiger partial charge in [0.15, 0.2) is 6.10 Å². The van der Waals surface area contributed by atoms with Crippen LogP contribution in [0.2, 0.25) is 0 Å². The molecule has 1 unspecified atom stereocenters. The average Bonchev–Trinajstić information content (AvgIpc) is 2.29. The number of carboxylic acids is 1. The van der Waals surface area contributed by atoms with Gasteiger partial charge in [-0.15, -0.1) is 0 Å². The average molecular weight is 240 g/mol. The molecule has 7 heteroatoms. The van der Waals surface area contributed by atoms with Crippen molar-refractivity contribution in [1.29, 1.82) is 0 Å². The summed E-state index contributed by atoms with van der Waals surface area (Å²) in [5.74, 6) is 0.105. The third-order valence-electron chi connectivity index (χ3n) is 2.07. The Morgan fingerprint density at radius 3 is 2.88 bits per heavy atom. The molecule has 0 saturated carbocycles. The zero-order valence-electron chi connectivity index (χ0n) is 10.0. The standard InChI is InChI=1S/C10H16N4O3/c1-14(2)10-11-5-4-8(13-10)12-6-7(17-3)9(15)16/h4-5,7H,6H2,1-3H3,(H,15,16)(H,11,12,13). The van der Waals surface area contributed by atoms with Gasteiger partial charge in [0, 0.05) is 27.4 Å². The van der Waals surface area contributed by atoms with E-state index in [4.69, 9.17) is 9.84 Å². The third-order valence-corrected chi connectivity index (χ3v) is 2.07. The lowest BCUT2D eigenvalue weighted by molar-refractivity contribution is -0.147. The Kier molecular flexibility index (Phi) is 4.65.